The number of hydrogen-bond acceptors (Lipinski definition) is 2. The Morgan fingerprint density at radius 2 is 2.29 bits per heavy atom. The van der Waals surface area contributed by atoms with Crippen LogP contribution in [-0.4, -0.2) is 11.7 Å². The van der Waals surface area contributed by atoms with E-state index in [0.717, 1.165) is 30.5 Å². The Hall–Kier alpha value is -0.730. The van der Waals surface area contributed by atoms with Crippen LogP contribution in [0, 0.1) is 6.92 Å². The van der Waals surface area contributed by atoms with Gasteiger partial charge in [-0.05, 0) is 37.9 Å². The smallest absolute Gasteiger partial charge is 0.139 e. The normalized spacial score (nSPS) is 21.4. The molecule has 1 atom stereocenters. The highest BCUT2D eigenvalue weighted by Gasteiger charge is 2.22. The summed E-state index contributed by atoms with van der Waals surface area (Å²) in [7, 11) is 0. The van der Waals surface area contributed by atoms with Crippen molar-refractivity contribution in [3.63, 3.8) is 0 Å². The third-order valence-corrected chi connectivity index (χ3v) is 3.10. The van der Waals surface area contributed by atoms with Crippen LogP contribution in [0.1, 0.15) is 30.0 Å². The van der Waals surface area contributed by atoms with Crippen molar-refractivity contribution in [2.75, 3.05) is 6.54 Å². The van der Waals surface area contributed by atoms with E-state index in [1.807, 2.05) is 13.0 Å². The fraction of sp³-hybridized carbons (Fsp3) is 0.455. The molecule has 2 rings (SSSR count). The van der Waals surface area contributed by atoms with Gasteiger partial charge in [-0.25, -0.2) is 0 Å². The van der Waals surface area contributed by atoms with Crippen LogP contribution in [0.2, 0.25) is 5.02 Å². The molecule has 0 saturated carbocycles. The number of phenolic OH excluding ortho intramolecular Hbond substituents is 1. The minimum atomic E-state index is 0.242. The Morgan fingerprint density at radius 3 is 2.93 bits per heavy atom. The minimum absolute atomic E-state index is 0.242. The van der Waals surface area contributed by atoms with Crippen LogP contribution in [0.4, 0.5) is 0 Å². The van der Waals surface area contributed by atoms with Gasteiger partial charge in [-0.3, -0.25) is 0 Å². The molecule has 76 valence electrons. The predicted octanol–water partition coefficient (Wildman–Crippen LogP) is 2.78. The molecule has 14 heavy (non-hydrogen) atoms. The summed E-state index contributed by atoms with van der Waals surface area (Å²) in [5.41, 5.74) is 2.07. The molecular weight excluding hydrogens is 198 g/mol. The van der Waals surface area contributed by atoms with Crippen LogP contribution < -0.4 is 5.32 Å². The quantitative estimate of drug-likeness (QED) is 0.749. The molecule has 0 radical (unpaired) electrons. The van der Waals surface area contributed by atoms with Crippen molar-refractivity contribution in [3.05, 3.63) is 28.3 Å². The van der Waals surface area contributed by atoms with Crippen molar-refractivity contribution < 1.29 is 5.11 Å². The topological polar surface area (TPSA) is 32.3 Å². The summed E-state index contributed by atoms with van der Waals surface area (Å²) in [5.74, 6) is 0.242. The van der Waals surface area contributed by atoms with E-state index >= 15 is 0 Å². The van der Waals surface area contributed by atoms with Crippen molar-refractivity contribution in [1.29, 1.82) is 0 Å². The van der Waals surface area contributed by atoms with E-state index < -0.39 is 0 Å². The number of aryl methyl sites for hydroxylation is 1. The van der Waals surface area contributed by atoms with E-state index in [1.165, 1.54) is 0 Å². The molecule has 1 aliphatic heterocycles. The summed E-state index contributed by atoms with van der Waals surface area (Å²) in [6.07, 6.45) is 2.24. The van der Waals surface area contributed by atoms with Gasteiger partial charge in [-0.15, -0.1) is 0 Å². The van der Waals surface area contributed by atoms with Crippen LogP contribution in [-0.2, 0) is 0 Å². The van der Waals surface area contributed by atoms with E-state index in [1.54, 1.807) is 6.07 Å². The molecule has 0 bridgehead atoms. The Kier molecular flexibility index (Phi) is 2.66. The number of hydrogen-bond donors (Lipinski definition) is 2. The second-order valence-corrected chi connectivity index (χ2v) is 4.18. The minimum Gasteiger partial charge on any atom is -0.506 e. The van der Waals surface area contributed by atoms with Gasteiger partial charge in [0.1, 0.15) is 5.75 Å². The molecule has 0 aliphatic carbocycles. The predicted molar refractivity (Wildman–Crippen MR) is 57.8 cm³/mol. The Labute approximate surface area is 88.9 Å². The van der Waals surface area contributed by atoms with Gasteiger partial charge in [0.25, 0.3) is 0 Å². The van der Waals surface area contributed by atoms with E-state index in [2.05, 4.69) is 5.32 Å². The van der Waals surface area contributed by atoms with Crippen LogP contribution in [0.15, 0.2) is 12.1 Å². The molecule has 0 aromatic heterocycles. The number of halogens is 1. The monoisotopic (exact) mass is 211 g/mol. The summed E-state index contributed by atoms with van der Waals surface area (Å²) in [4.78, 5) is 0. The first kappa shape index (κ1) is 9.81. The molecule has 1 saturated heterocycles. The lowest BCUT2D eigenvalue weighted by molar-refractivity contribution is 0.456. The third-order valence-electron chi connectivity index (χ3n) is 2.79. The maximum absolute atomic E-state index is 9.87. The molecule has 1 heterocycles. The largest absolute Gasteiger partial charge is 0.506 e. The summed E-state index contributed by atoms with van der Waals surface area (Å²) in [6, 6.07) is 3.97. The van der Waals surface area contributed by atoms with Crippen molar-refractivity contribution in [3.8, 4) is 5.75 Å². The number of rotatable bonds is 1. The third kappa shape index (κ3) is 1.60. The van der Waals surface area contributed by atoms with Crippen molar-refractivity contribution >= 4 is 11.6 Å². The molecule has 1 aromatic rings. The molecule has 2 N–H and O–H groups in total. The highest BCUT2D eigenvalue weighted by molar-refractivity contribution is 6.32. The van der Waals surface area contributed by atoms with Crippen LogP contribution >= 0.6 is 11.6 Å². The molecule has 1 aromatic carbocycles. The Morgan fingerprint density at radius 1 is 1.50 bits per heavy atom. The van der Waals surface area contributed by atoms with E-state index in [0.29, 0.717) is 5.02 Å². The average molecular weight is 212 g/mol. The van der Waals surface area contributed by atoms with Gasteiger partial charge in [0.2, 0.25) is 0 Å². The molecular formula is C11H14ClNO. The lowest BCUT2D eigenvalue weighted by atomic mass is 9.99. The van der Waals surface area contributed by atoms with Crippen LogP contribution in [0.3, 0.4) is 0 Å². The van der Waals surface area contributed by atoms with Gasteiger partial charge < -0.3 is 10.4 Å². The zero-order valence-electron chi connectivity index (χ0n) is 8.18. The SMILES string of the molecule is Cc1ccc(Cl)c(O)c1C1CCCN1. The van der Waals surface area contributed by atoms with Crippen LogP contribution in [0.5, 0.6) is 5.75 Å². The second kappa shape index (κ2) is 3.79. The van der Waals surface area contributed by atoms with Crippen molar-refractivity contribution in [2.45, 2.75) is 25.8 Å². The lowest BCUT2D eigenvalue weighted by Crippen LogP contribution is -2.14. The van der Waals surface area contributed by atoms with Gasteiger partial charge in [0.05, 0.1) is 5.02 Å². The van der Waals surface area contributed by atoms with Gasteiger partial charge in [-0.2, -0.15) is 0 Å². The van der Waals surface area contributed by atoms with Gasteiger partial charge in [0.15, 0.2) is 0 Å². The first-order valence-electron chi connectivity index (χ1n) is 4.91. The number of aromatic hydroxyl groups is 1. The van der Waals surface area contributed by atoms with E-state index in [9.17, 15) is 5.11 Å². The molecule has 3 heteroatoms. The maximum Gasteiger partial charge on any atom is 0.139 e. The zero-order valence-corrected chi connectivity index (χ0v) is 8.93. The molecule has 1 unspecified atom stereocenters. The number of benzene rings is 1. The zero-order chi connectivity index (χ0) is 10.1. The first-order chi connectivity index (χ1) is 6.70. The molecule has 2 nitrogen and oxygen atoms in total. The summed E-state index contributed by atoms with van der Waals surface area (Å²) in [6.45, 7) is 3.03. The Bertz CT molecular complexity index is 345. The maximum atomic E-state index is 9.87. The van der Waals surface area contributed by atoms with Crippen LogP contribution in [0.25, 0.3) is 0 Å². The second-order valence-electron chi connectivity index (χ2n) is 3.78. The highest BCUT2D eigenvalue weighted by atomic mass is 35.5. The fourth-order valence-electron chi connectivity index (χ4n) is 2.05. The van der Waals surface area contributed by atoms with Gasteiger partial charge >= 0.3 is 0 Å². The number of nitrogens with one attached hydrogen (secondary N) is 1. The first-order valence-corrected chi connectivity index (χ1v) is 5.29. The Balaban J connectivity index is 2.44. The van der Waals surface area contributed by atoms with E-state index in [-0.39, 0.29) is 11.8 Å². The van der Waals surface area contributed by atoms with Crippen molar-refractivity contribution in [1.82, 2.24) is 5.32 Å². The number of phenols is 1. The fourth-order valence-corrected chi connectivity index (χ4v) is 2.22. The molecule has 0 amide bonds. The lowest BCUT2D eigenvalue weighted by Gasteiger charge is -2.16. The summed E-state index contributed by atoms with van der Waals surface area (Å²) < 4.78 is 0. The van der Waals surface area contributed by atoms with Gasteiger partial charge in [0, 0.05) is 11.6 Å². The standard InChI is InChI=1S/C11H14ClNO/c1-7-4-5-8(12)11(14)10(7)9-3-2-6-13-9/h4-5,9,13-14H,2-3,6H2,1H3. The molecule has 0 spiro atoms. The van der Waals surface area contributed by atoms with E-state index in [4.69, 9.17) is 11.6 Å². The van der Waals surface area contributed by atoms with Gasteiger partial charge in [-0.1, -0.05) is 17.7 Å². The summed E-state index contributed by atoms with van der Waals surface area (Å²) in [5, 5.41) is 13.7. The highest BCUT2D eigenvalue weighted by Crippen LogP contribution is 2.37. The molecule has 1 fully saturated rings. The summed E-state index contributed by atoms with van der Waals surface area (Å²) >= 11 is 5.89. The van der Waals surface area contributed by atoms with Crippen molar-refractivity contribution in [2.24, 2.45) is 0 Å². The average Bonchev–Trinajstić information content (AvgIpc) is 2.65. The molecule has 1 aliphatic rings.